The highest BCUT2D eigenvalue weighted by Gasteiger charge is 2.22. The van der Waals surface area contributed by atoms with Gasteiger partial charge in [-0.2, -0.15) is 0 Å². The number of hydrogen-bond donors (Lipinski definition) is 6. The van der Waals surface area contributed by atoms with Crippen LogP contribution >= 0.6 is 0 Å². The Labute approximate surface area is 101 Å². The molecule has 1 rings (SSSR count). The third-order valence-corrected chi connectivity index (χ3v) is 2.05. The highest BCUT2D eigenvalue weighted by Crippen LogP contribution is 2.35. The molecule has 0 aliphatic rings. The van der Waals surface area contributed by atoms with Crippen LogP contribution in [0.25, 0.3) is 0 Å². The van der Waals surface area contributed by atoms with E-state index in [9.17, 15) is 4.79 Å². The Morgan fingerprint density at radius 2 is 1.67 bits per heavy atom. The third-order valence-electron chi connectivity index (χ3n) is 2.05. The first-order valence-electron chi connectivity index (χ1n) is 4.79. The van der Waals surface area contributed by atoms with E-state index >= 15 is 0 Å². The number of aromatic hydroxyl groups is 3. The summed E-state index contributed by atoms with van der Waals surface area (Å²) in [6.07, 6.45) is -3.63. The van der Waals surface area contributed by atoms with Crippen LogP contribution in [0.5, 0.6) is 17.2 Å². The van der Waals surface area contributed by atoms with Gasteiger partial charge in [0, 0.05) is 0 Å². The summed E-state index contributed by atoms with van der Waals surface area (Å²) in [5.41, 5.74) is -0.355. The van der Waals surface area contributed by atoms with E-state index in [0.717, 1.165) is 12.1 Å². The number of aliphatic hydroxyl groups excluding tert-OH is 3. The lowest BCUT2D eigenvalue weighted by molar-refractivity contribution is -0.140. The van der Waals surface area contributed by atoms with E-state index in [1.165, 1.54) is 0 Å². The molecule has 100 valence electrons. The minimum Gasteiger partial charge on any atom is -0.504 e. The smallest absolute Gasteiger partial charge is 0.340 e. The topological polar surface area (TPSA) is 148 Å². The molecule has 0 spiro atoms. The van der Waals surface area contributed by atoms with Crippen molar-refractivity contribution in [3.8, 4) is 17.2 Å². The summed E-state index contributed by atoms with van der Waals surface area (Å²) >= 11 is 0. The van der Waals surface area contributed by atoms with Crippen molar-refractivity contribution in [1.29, 1.82) is 0 Å². The van der Waals surface area contributed by atoms with Crippen LogP contribution in [0.4, 0.5) is 0 Å². The van der Waals surface area contributed by atoms with Crippen LogP contribution in [0.1, 0.15) is 10.4 Å². The summed E-state index contributed by atoms with van der Waals surface area (Å²) in [6, 6.07) is 1.60. The van der Waals surface area contributed by atoms with Gasteiger partial charge in [0.05, 0.1) is 12.2 Å². The number of benzene rings is 1. The molecule has 0 aromatic heterocycles. The first-order valence-corrected chi connectivity index (χ1v) is 4.79. The molecule has 0 heterocycles. The number of rotatable bonds is 4. The highest BCUT2D eigenvalue weighted by atomic mass is 16.6. The van der Waals surface area contributed by atoms with Crippen molar-refractivity contribution in [2.24, 2.45) is 0 Å². The maximum atomic E-state index is 11.4. The van der Waals surface area contributed by atoms with E-state index in [-0.39, 0.29) is 5.56 Å². The molecule has 0 bridgehead atoms. The summed E-state index contributed by atoms with van der Waals surface area (Å²) in [5.74, 6) is -3.47. The van der Waals surface area contributed by atoms with Crippen molar-refractivity contribution in [2.45, 2.75) is 12.4 Å². The minimum atomic E-state index is -1.96. The molecule has 0 saturated heterocycles. The molecule has 8 heteroatoms. The van der Waals surface area contributed by atoms with Crippen LogP contribution in [0, 0.1) is 0 Å². The van der Waals surface area contributed by atoms with E-state index in [0.29, 0.717) is 0 Å². The summed E-state index contributed by atoms with van der Waals surface area (Å²) in [4.78, 5) is 11.4. The van der Waals surface area contributed by atoms with Gasteiger partial charge in [0.1, 0.15) is 6.10 Å². The zero-order valence-corrected chi connectivity index (χ0v) is 9.02. The van der Waals surface area contributed by atoms with Gasteiger partial charge in [-0.1, -0.05) is 0 Å². The second-order valence-electron chi connectivity index (χ2n) is 3.41. The summed E-state index contributed by atoms with van der Waals surface area (Å²) < 4.78 is 4.34. The van der Waals surface area contributed by atoms with Gasteiger partial charge in [0.2, 0.25) is 6.29 Å². The van der Waals surface area contributed by atoms with Gasteiger partial charge in [0.15, 0.2) is 17.2 Å². The summed E-state index contributed by atoms with van der Waals surface area (Å²) in [6.45, 7) is -0.819. The number of aliphatic hydroxyl groups is 3. The number of phenols is 3. The maximum absolute atomic E-state index is 11.4. The van der Waals surface area contributed by atoms with E-state index in [1.54, 1.807) is 0 Å². The van der Waals surface area contributed by atoms with Gasteiger partial charge in [-0.05, 0) is 12.1 Å². The zero-order chi connectivity index (χ0) is 13.9. The Hall–Kier alpha value is -2.03. The number of esters is 1. The Bertz CT molecular complexity index is 420. The van der Waals surface area contributed by atoms with Gasteiger partial charge in [-0.25, -0.2) is 4.79 Å². The second kappa shape index (κ2) is 5.54. The standard InChI is InChI=1S/C10H12O8/c11-3-7(14)10(17)18-9(16)4-1-5(12)8(15)6(13)2-4/h1-2,7,10-15,17H,3H2. The van der Waals surface area contributed by atoms with Gasteiger partial charge in [0.25, 0.3) is 0 Å². The molecular formula is C10H12O8. The molecule has 6 N–H and O–H groups in total. The fourth-order valence-corrected chi connectivity index (χ4v) is 1.07. The lowest BCUT2D eigenvalue weighted by atomic mass is 10.2. The van der Waals surface area contributed by atoms with Crippen LogP contribution in [0.2, 0.25) is 0 Å². The lowest BCUT2D eigenvalue weighted by Gasteiger charge is -2.16. The highest BCUT2D eigenvalue weighted by molar-refractivity contribution is 5.91. The predicted octanol–water partition coefficient (Wildman–Crippen LogP) is -1.37. The predicted molar refractivity (Wildman–Crippen MR) is 56.0 cm³/mol. The Morgan fingerprint density at radius 1 is 1.17 bits per heavy atom. The molecular weight excluding hydrogens is 248 g/mol. The van der Waals surface area contributed by atoms with Crippen LogP contribution in [-0.4, -0.2) is 55.6 Å². The van der Waals surface area contributed by atoms with Crippen LogP contribution in [0.15, 0.2) is 12.1 Å². The van der Waals surface area contributed by atoms with Crippen LogP contribution in [-0.2, 0) is 4.74 Å². The number of phenolic OH excluding ortho intramolecular Hbond substituents is 3. The van der Waals surface area contributed by atoms with Crippen molar-refractivity contribution < 1.29 is 40.2 Å². The van der Waals surface area contributed by atoms with Gasteiger partial charge < -0.3 is 35.4 Å². The van der Waals surface area contributed by atoms with Gasteiger partial charge in [-0.3, -0.25) is 0 Å². The lowest BCUT2D eigenvalue weighted by Crippen LogP contribution is -2.33. The second-order valence-corrected chi connectivity index (χ2v) is 3.41. The molecule has 0 radical (unpaired) electrons. The van der Waals surface area contributed by atoms with Crippen LogP contribution < -0.4 is 0 Å². The van der Waals surface area contributed by atoms with Gasteiger partial charge in [-0.15, -0.1) is 0 Å². The van der Waals surface area contributed by atoms with E-state index in [1.807, 2.05) is 0 Å². The summed E-state index contributed by atoms with van der Waals surface area (Å²) in [5, 5.41) is 53.9. The molecule has 0 aliphatic carbocycles. The van der Waals surface area contributed by atoms with Crippen molar-refractivity contribution >= 4 is 5.97 Å². The molecule has 1 aromatic rings. The number of carbonyl (C=O) groups excluding carboxylic acids is 1. The van der Waals surface area contributed by atoms with Crippen molar-refractivity contribution in [2.75, 3.05) is 6.61 Å². The fourth-order valence-electron chi connectivity index (χ4n) is 1.07. The van der Waals surface area contributed by atoms with Gasteiger partial charge >= 0.3 is 5.97 Å². The Balaban J connectivity index is 2.85. The molecule has 2 unspecified atom stereocenters. The van der Waals surface area contributed by atoms with Crippen molar-refractivity contribution in [3.63, 3.8) is 0 Å². The molecule has 0 saturated carbocycles. The first kappa shape index (κ1) is 14.0. The first-order chi connectivity index (χ1) is 8.36. The molecule has 2 atom stereocenters. The molecule has 8 nitrogen and oxygen atoms in total. The fraction of sp³-hybridized carbons (Fsp3) is 0.300. The number of carbonyl (C=O) groups is 1. The third kappa shape index (κ3) is 3.00. The minimum absolute atomic E-state index is 0.355. The molecule has 1 aromatic carbocycles. The zero-order valence-electron chi connectivity index (χ0n) is 9.02. The average Bonchev–Trinajstić information content (AvgIpc) is 2.33. The molecule has 18 heavy (non-hydrogen) atoms. The average molecular weight is 260 g/mol. The quantitative estimate of drug-likeness (QED) is 0.221. The Morgan fingerprint density at radius 3 is 2.11 bits per heavy atom. The van der Waals surface area contributed by atoms with E-state index in [4.69, 9.17) is 30.6 Å². The SMILES string of the molecule is O=C(OC(O)C(O)CO)c1cc(O)c(O)c(O)c1. The van der Waals surface area contributed by atoms with E-state index in [2.05, 4.69) is 4.74 Å². The Kier molecular flexibility index (Phi) is 4.32. The van der Waals surface area contributed by atoms with Crippen LogP contribution in [0.3, 0.4) is 0 Å². The monoisotopic (exact) mass is 260 g/mol. The largest absolute Gasteiger partial charge is 0.504 e. The summed E-state index contributed by atoms with van der Waals surface area (Å²) in [7, 11) is 0. The maximum Gasteiger partial charge on any atom is 0.340 e. The molecule has 0 aliphatic heterocycles. The normalized spacial score (nSPS) is 13.9. The van der Waals surface area contributed by atoms with E-state index < -0.39 is 42.2 Å². The molecule has 0 fully saturated rings. The molecule has 0 amide bonds. The van der Waals surface area contributed by atoms with Crippen molar-refractivity contribution in [1.82, 2.24) is 0 Å². The number of hydrogen-bond acceptors (Lipinski definition) is 8. The van der Waals surface area contributed by atoms with Crippen molar-refractivity contribution in [3.05, 3.63) is 17.7 Å². The number of ether oxygens (including phenoxy) is 1.